The van der Waals surface area contributed by atoms with Gasteiger partial charge in [-0.3, -0.25) is 9.89 Å². The van der Waals surface area contributed by atoms with Crippen molar-refractivity contribution < 1.29 is 4.79 Å². The van der Waals surface area contributed by atoms with Gasteiger partial charge in [0.15, 0.2) is 5.82 Å². The molecule has 5 rings (SSSR count). The first-order valence-corrected chi connectivity index (χ1v) is 10.9. The maximum atomic E-state index is 13.4. The summed E-state index contributed by atoms with van der Waals surface area (Å²) in [5.41, 5.74) is 2.91. The predicted octanol–water partition coefficient (Wildman–Crippen LogP) is 4.50. The minimum Gasteiger partial charge on any atom is -0.353 e. The molecule has 0 atom stereocenters. The summed E-state index contributed by atoms with van der Waals surface area (Å²) in [4.78, 5) is 17.7. The molecule has 3 aromatic rings. The number of carbonyl (C=O) groups excluding carboxylic acids is 1. The summed E-state index contributed by atoms with van der Waals surface area (Å²) in [7, 11) is 0. The standard InChI is InChI=1S/C24H25ClN4O/c25-20-9-7-18(8-10-20)21-17-22(27-26-21)28-13-4-14-29(16-15-28)23(30)24(11-12-24)19-5-2-1-3-6-19/h1-3,5-10,17H,4,11-16H2,(H,26,27). The van der Waals surface area contributed by atoms with Crippen LogP contribution in [0.3, 0.4) is 0 Å². The Kier molecular flexibility index (Phi) is 4.99. The molecule has 2 aliphatic rings. The van der Waals surface area contributed by atoms with E-state index in [9.17, 15) is 4.79 Å². The van der Waals surface area contributed by atoms with Crippen molar-refractivity contribution in [2.24, 2.45) is 0 Å². The van der Waals surface area contributed by atoms with Crippen LogP contribution in [0.1, 0.15) is 24.8 Å². The minimum atomic E-state index is -0.287. The number of hydrogen-bond acceptors (Lipinski definition) is 3. The maximum absolute atomic E-state index is 13.4. The van der Waals surface area contributed by atoms with Gasteiger partial charge in [-0.1, -0.05) is 54.1 Å². The average molecular weight is 421 g/mol. The maximum Gasteiger partial charge on any atom is 0.233 e. The van der Waals surface area contributed by atoms with Crippen LogP contribution in [0.4, 0.5) is 5.82 Å². The molecule has 1 N–H and O–H groups in total. The summed E-state index contributed by atoms with van der Waals surface area (Å²) in [5, 5.41) is 8.38. The van der Waals surface area contributed by atoms with Crippen molar-refractivity contribution in [2.75, 3.05) is 31.1 Å². The van der Waals surface area contributed by atoms with E-state index in [1.54, 1.807) is 0 Å². The molecule has 1 saturated heterocycles. The molecule has 1 aliphatic heterocycles. The molecule has 2 fully saturated rings. The van der Waals surface area contributed by atoms with Gasteiger partial charge in [-0.25, -0.2) is 0 Å². The molecule has 0 bridgehead atoms. The Morgan fingerprint density at radius 3 is 2.47 bits per heavy atom. The van der Waals surface area contributed by atoms with Crippen LogP contribution in [-0.2, 0) is 10.2 Å². The predicted molar refractivity (Wildman–Crippen MR) is 120 cm³/mol. The van der Waals surface area contributed by atoms with Crippen molar-refractivity contribution >= 4 is 23.3 Å². The third-order valence-electron chi connectivity index (χ3n) is 6.31. The number of halogens is 1. The van der Waals surface area contributed by atoms with Crippen molar-refractivity contribution in [1.29, 1.82) is 0 Å². The summed E-state index contributed by atoms with van der Waals surface area (Å²) in [6.07, 6.45) is 2.86. The molecular formula is C24H25ClN4O. The monoisotopic (exact) mass is 420 g/mol. The molecular weight excluding hydrogens is 396 g/mol. The van der Waals surface area contributed by atoms with E-state index in [2.05, 4.69) is 38.2 Å². The van der Waals surface area contributed by atoms with Gasteiger partial charge in [-0.05, 0) is 42.5 Å². The number of aromatic nitrogens is 2. The summed E-state index contributed by atoms with van der Waals surface area (Å²) < 4.78 is 0. The normalized spacial score (nSPS) is 18.2. The molecule has 6 heteroatoms. The number of nitrogens with one attached hydrogen (secondary N) is 1. The minimum absolute atomic E-state index is 0.287. The first kappa shape index (κ1) is 19.2. The molecule has 0 radical (unpaired) electrons. The lowest BCUT2D eigenvalue weighted by molar-refractivity contribution is -0.133. The Balaban J connectivity index is 1.27. The molecule has 1 amide bonds. The number of nitrogens with zero attached hydrogens (tertiary/aromatic N) is 3. The van der Waals surface area contributed by atoms with Crippen LogP contribution >= 0.6 is 11.6 Å². The second-order valence-electron chi connectivity index (χ2n) is 8.23. The fraction of sp³-hybridized carbons (Fsp3) is 0.333. The summed E-state index contributed by atoms with van der Waals surface area (Å²) in [5.74, 6) is 1.22. The summed E-state index contributed by atoms with van der Waals surface area (Å²) >= 11 is 5.99. The van der Waals surface area contributed by atoms with Gasteiger partial charge in [-0.2, -0.15) is 5.10 Å². The Labute approximate surface area is 181 Å². The molecule has 1 saturated carbocycles. The second kappa shape index (κ2) is 7.80. The topological polar surface area (TPSA) is 52.2 Å². The van der Waals surface area contributed by atoms with E-state index in [0.717, 1.165) is 73.1 Å². The molecule has 1 aliphatic carbocycles. The summed E-state index contributed by atoms with van der Waals surface area (Å²) in [6.45, 7) is 3.23. The van der Waals surface area contributed by atoms with Gasteiger partial charge >= 0.3 is 0 Å². The van der Waals surface area contributed by atoms with Crippen LogP contribution in [0.15, 0.2) is 60.7 Å². The summed E-state index contributed by atoms with van der Waals surface area (Å²) in [6, 6.07) is 20.1. The van der Waals surface area contributed by atoms with Crippen LogP contribution in [0.2, 0.25) is 5.02 Å². The lowest BCUT2D eigenvalue weighted by atomic mass is 9.94. The van der Waals surface area contributed by atoms with Gasteiger partial charge < -0.3 is 9.80 Å². The Morgan fingerprint density at radius 1 is 0.967 bits per heavy atom. The highest BCUT2D eigenvalue weighted by atomic mass is 35.5. The lowest BCUT2D eigenvalue weighted by Crippen LogP contribution is -2.41. The van der Waals surface area contributed by atoms with Crippen LogP contribution in [0, 0.1) is 0 Å². The van der Waals surface area contributed by atoms with E-state index in [1.165, 1.54) is 0 Å². The van der Waals surface area contributed by atoms with Crippen molar-refractivity contribution in [1.82, 2.24) is 15.1 Å². The number of anilines is 1. The highest BCUT2D eigenvalue weighted by molar-refractivity contribution is 6.30. The van der Waals surface area contributed by atoms with Gasteiger partial charge in [0.1, 0.15) is 0 Å². The van der Waals surface area contributed by atoms with Crippen LogP contribution < -0.4 is 4.90 Å². The van der Waals surface area contributed by atoms with E-state index < -0.39 is 0 Å². The van der Waals surface area contributed by atoms with Crippen molar-refractivity contribution in [3.8, 4) is 11.3 Å². The quantitative estimate of drug-likeness (QED) is 0.676. The molecule has 30 heavy (non-hydrogen) atoms. The first-order valence-electron chi connectivity index (χ1n) is 10.6. The van der Waals surface area contributed by atoms with Gasteiger partial charge in [0.05, 0.1) is 11.1 Å². The van der Waals surface area contributed by atoms with Gasteiger partial charge in [-0.15, -0.1) is 0 Å². The third-order valence-corrected chi connectivity index (χ3v) is 6.56. The number of benzene rings is 2. The zero-order valence-electron chi connectivity index (χ0n) is 16.9. The Bertz CT molecular complexity index is 1030. The zero-order chi connectivity index (χ0) is 20.6. The molecule has 0 unspecified atom stereocenters. The molecule has 2 heterocycles. The highest BCUT2D eigenvalue weighted by Crippen LogP contribution is 2.49. The van der Waals surface area contributed by atoms with Crippen molar-refractivity contribution in [2.45, 2.75) is 24.7 Å². The third kappa shape index (κ3) is 3.58. The molecule has 1 aromatic heterocycles. The van der Waals surface area contributed by atoms with Crippen molar-refractivity contribution in [3.05, 3.63) is 71.2 Å². The molecule has 0 spiro atoms. The van der Waals surface area contributed by atoms with E-state index in [0.29, 0.717) is 5.91 Å². The average Bonchev–Trinajstić information content (AvgIpc) is 3.52. The molecule has 5 nitrogen and oxygen atoms in total. The van der Waals surface area contributed by atoms with E-state index in [1.807, 2.05) is 42.5 Å². The number of rotatable bonds is 4. The first-order chi connectivity index (χ1) is 14.7. The Morgan fingerprint density at radius 2 is 1.73 bits per heavy atom. The van der Waals surface area contributed by atoms with Gasteiger partial charge in [0.25, 0.3) is 0 Å². The lowest BCUT2D eigenvalue weighted by Gasteiger charge is -2.26. The van der Waals surface area contributed by atoms with Gasteiger partial charge in [0, 0.05) is 37.3 Å². The second-order valence-corrected chi connectivity index (χ2v) is 8.66. The number of amides is 1. The van der Waals surface area contributed by atoms with Crippen LogP contribution in [0.25, 0.3) is 11.3 Å². The fourth-order valence-corrected chi connectivity index (χ4v) is 4.54. The smallest absolute Gasteiger partial charge is 0.233 e. The number of H-pyrrole nitrogens is 1. The molecule has 2 aromatic carbocycles. The largest absolute Gasteiger partial charge is 0.353 e. The SMILES string of the molecule is O=C(N1CCCN(c2cc(-c3ccc(Cl)cc3)[nH]n2)CC1)C1(c2ccccc2)CC1. The van der Waals surface area contributed by atoms with Gasteiger partial charge in [0.2, 0.25) is 5.91 Å². The number of aromatic amines is 1. The van der Waals surface area contributed by atoms with E-state index >= 15 is 0 Å². The fourth-order valence-electron chi connectivity index (χ4n) is 4.41. The van der Waals surface area contributed by atoms with E-state index in [-0.39, 0.29) is 5.41 Å². The highest BCUT2D eigenvalue weighted by Gasteiger charge is 2.52. The number of hydrogen-bond donors (Lipinski definition) is 1. The van der Waals surface area contributed by atoms with E-state index in [4.69, 9.17) is 11.6 Å². The van der Waals surface area contributed by atoms with Crippen molar-refractivity contribution in [3.63, 3.8) is 0 Å². The number of carbonyl (C=O) groups is 1. The zero-order valence-corrected chi connectivity index (χ0v) is 17.6. The molecule has 154 valence electrons. The van der Waals surface area contributed by atoms with Crippen LogP contribution in [-0.4, -0.2) is 47.2 Å². The van der Waals surface area contributed by atoms with Crippen LogP contribution in [0.5, 0.6) is 0 Å². The Hall–Kier alpha value is -2.79.